The van der Waals surface area contributed by atoms with Gasteiger partial charge >= 0.3 is 18.1 Å². The van der Waals surface area contributed by atoms with Crippen molar-refractivity contribution >= 4 is 17.8 Å². The van der Waals surface area contributed by atoms with Gasteiger partial charge < -0.3 is 20.1 Å². The van der Waals surface area contributed by atoms with E-state index >= 15 is 0 Å². The first-order valence-electron chi connectivity index (χ1n) is 8.18. The van der Waals surface area contributed by atoms with Crippen molar-refractivity contribution in [2.75, 3.05) is 19.7 Å². The number of nitrogens with one attached hydrogen (secondary N) is 1. The van der Waals surface area contributed by atoms with Crippen molar-refractivity contribution in [3.05, 3.63) is 0 Å². The van der Waals surface area contributed by atoms with Gasteiger partial charge in [0.05, 0.1) is 6.61 Å². The van der Waals surface area contributed by atoms with Crippen LogP contribution in [0, 0.1) is 0 Å². The first kappa shape index (κ1) is 21.2. The lowest BCUT2D eigenvalue weighted by atomic mass is 10.1. The molecule has 1 aliphatic heterocycles. The van der Waals surface area contributed by atoms with Gasteiger partial charge in [-0.1, -0.05) is 0 Å². The number of amides is 2. The van der Waals surface area contributed by atoms with Crippen LogP contribution in [0.2, 0.25) is 0 Å². The molecule has 7 nitrogen and oxygen atoms in total. The number of alkyl halides is 3. The van der Waals surface area contributed by atoms with Gasteiger partial charge in [-0.25, -0.2) is 4.79 Å². The number of ether oxygens (including phenoxy) is 1. The lowest BCUT2D eigenvalue weighted by Gasteiger charge is -2.25. The summed E-state index contributed by atoms with van der Waals surface area (Å²) in [5.74, 6) is -3.11. The maximum absolute atomic E-state index is 12.2. The fraction of sp³-hybridized carbons (Fsp3) is 0.800. The molecular weight excluding hydrogens is 345 g/mol. The highest BCUT2D eigenvalue weighted by molar-refractivity contribution is 5.87. The molecule has 1 aliphatic rings. The molecule has 0 aliphatic carbocycles. The topological polar surface area (TPSA) is 95.9 Å². The van der Waals surface area contributed by atoms with Crippen LogP contribution >= 0.6 is 0 Å². The van der Waals surface area contributed by atoms with Gasteiger partial charge in [0.25, 0.3) is 5.91 Å². The van der Waals surface area contributed by atoms with E-state index in [1.807, 2.05) is 0 Å². The molecule has 0 aromatic heterocycles. The maximum Gasteiger partial charge on any atom is 0.471 e. The highest BCUT2D eigenvalue weighted by Crippen LogP contribution is 2.20. The monoisotopic (exact) mass is 368 g/mol. The van der Waals surface area contributed by atoms with Crippen LogP contribution in [0.3, 0.4) is 0 Å². The van der Waals surface area contributed by atoms with Crippen molar-refractivity contribution in [3.63, 3.8) is 0 Å². The summed E-state index contributed by atoms with van der Waals surface area (Å²) >= 11 is 0. The molecule has 0 spiro atoms. The first-order valence-corrected chi connectivity index (χ1v) is 8.18. The van der Waals surface area contributed by atoms with Crippen LogP contribution in [0.5, 0.6) is 0 Å². The molecule has 0 radical (unpaired) electrons. The molecule has 2 atom stereocenters. The number of rotatable bonds is 8. The van der Waals surface area contributed by atoms with Crippen LogP contribution in [0.4, 0.5) is 13.2 Å². The van der Waals surface area contributed by atoms with Gasteiger partial charge in [0.1, 0.15) is 12.1 Å². The van der Waals surface area contributed by atoms with Crippen LogP contribution in [0.15, 0.2) is 0 Å². The van der Waals surface area contributed by atoms with E-state index < -0.39 is 36.1 Å². The van der Waals surface area contributed by atoms with Crippen molar-refractivity contribution in [2.45, 2.75) is 57.3 Å². The Morgan fingerprint density at radius 2 is 2.00 bits per heavy atom. The predicted octanol–water partition coefficient (Wildman–Crippen LogP) is 0.750. The molecule has 1 unspecified atom stereocenters. The number of halogens is 3. The number of hydrogen-bond acceptors (Lipinski definition) is 5. The number of nitrogens with zero attached hydrogens (tertiary/aromatic N) is 1. The summed E-state index contributed by atoms with van der Waals surface area (Å²) in [6.45, 7) is 2.00. The fourth-order valence-electron chi connectivity index (χ4n) is 2.59. The Morgan fingerprint density at radius 3 is 2.60 bits per heavy atom. The number of hydrogen-bond donors (Lipinski definition) is 2. The highest BCUT2D eigenvalue weighted by atomic mass is 19.4. The predicted molar refractivity (Wildman–Crippen MR) is 80.3 cm³/mol. The average molecular weight is 368 g/mol. The molecule has 0 saturated carbocycles. The van der Waals surface area contributed by atoms with Crippen LogP contribution in [0.1, 0.15) is 39.0 Å². The Labute approximate surface area is 143 Å². The molecule has 1 saturated heterocycles. The minimum atomic E-state index is -4.92. The van der Waals surface area contributed by atoms with Gasteiger partial charge in [-0.15, -0.1) is 0 Å². The third-order valence-electron chi connectivity index (χ3n) is 3.83. The second-order valence-corrected chi connectivity index (χ2v) is 5.71. The van der Waals surface area contributed by atoms with Gasteiger partial charge in [-0.3, -0.25) is 9.59 Å². The van der Waals surface area contributed by atoms with Gasteiger partial charge in [-0.2, -0.15) is 13.2 Å². The second kappa shape index (κ2) is 9.59. The molecule has 144 valence electrons. The quantitative estimate of drug-likeness (QED) is 0.487. The number of carbonyl (C=O) groups excluding carboxylic acids is 3. The smallest absolute Gasteiger partial charge is 0.464 e. The summed E-state index contributed by atoms with van der Waals surface area (Å²) in [6, 6.07) is -0.701. The number of aliphatic hydroxyl groups is 1. The number of likely N-dealkylation sites (tertiary alicyclic amines) is 1. The van der Waals surface area contributed by atoms with Crippen molar-refractivity contribution in [1.82, 2.24) is 10.2 Å². The van der Waals surface area contributed by atoms with E-state index in [9.17, 15) is 32.7 Å². The Kier molecular flexibility index (Phi) is 8.14. The van der Waals surface area contributed by atoms with E-state index in [1.54, 1.807) is 12.2 Å². The van der Waals surface area contributed by atoms with Crippen molar-refractivity contribution in [3.8, 4) is 0 Å². The zero-order valence-corrected chi connectivity index (χ0v) is 14.0. The SMILES string of the molecule is CCOC(=O)[C@@H]1CCCN1C(=O)C(O)CCCCNC(=O)C(F)(F)F. The fourth-order valence-corrected chi connectivity index (χ4v) is 2.59. The molecule has 1 heterocycles. The third-order valence-corrected chi connectivity index (χ3v) is 3.83. The summed E-state index contributed by atoms with van der Waals surface area (Å²) in [6.07, 6.45) is -4.68. The minimum absolute atomic E-state index is 0.0345. The third kappa shape index (κ3) is 6.52. The first-order chi connectivity index (χ1) is 11.7. The molecule has 10 heteroatoms. The lowest BCUT2D eigenvalue weighted by molar-refractivity contribution is -0.173. The Balaban J connectivity index is 2.34. The summed E-state index contributed by atoms with van der Waals surface area (Å²) in [7, 11) is 0. The van der Waals surface area contributed by atoms with Crippen molar-refractivity contribution in [2.24, 2.45) is 0 Å². The molecule has 0 aromatic carbocycles. The van der Waals surface area contributed by atoms with E-state index in [0.717, 1.165) is 0 Å². The van der Waals surface area contributed by atoms with E-state index in [0.29, 0.717) is 19.4 Å². The Bertz CT molecular complexity index is 484. The van der Waals surface area contributed by atoms with E-state index in [2.05, 4.69) is 0 Å². The van der Waals surface area contributed by atoms with Gasteiger partial charge in [-0.05, 0) is 39.0 Å². The maximum atomic E-state index is 12.2. The van der Waals surface area contributed by atoms with E-state index in [1.165, 1.54) is 4.90 Å². The van der Waals surface area contributed by atoms with E-state index in [-0.39, 0.29) is 32.4 Å². The molecular formula is C15H23F3N2O5. The second-order valence-electron chi connectivity index (χ2n) is 5.71. The van der Waals surface area contributed by atoms with Gasteiger partial charge in [0.2, 0.25) is 0 Å². The summed E-state index contributed by atoms with van der Waals surface area (Å²) in [5, 5.41) is 11.6. The molecule has 2 N–H and O–H groups in total. The summed E-state index contributed by atoms with van der Waals surface area (Å²) in [4.78, 5) is 35.9. The zero-order valence-electron chi connectivity index (χ0n) is 14.0. The number of esters is 1. The zero-order chi connectivity index (χ0) is 19.0. The van der Waals surface area contributed by atoms with Gasteiger partial charge in [0.15, 0.2) is 0 Å². The van der Waals surface area contributed by atoms with Crippen LogP contribution in [-0.4, -0.2) is 65.8 Å². The molecule has 0 bridgehead atoms. The number of aliphatic hydroxyl groups excluding tert-OH is 1. The molecule has 25 heavy (non-hydrogen) atoms. The van der Waals surface area contributed by atoms with Crippen LogP contribution in [0.25, 0.3) is 0 Å². The van der Waals surface area contributed by atoms with Crippen molar-refractivity contribution < 1.29 is 37.4 Å². The van der Waals surface area contributed by atoms with Crippen LogP contribution in [-0.2, 0) is 19.1 Å². The molecule has 2 amide bonds. The van der Waals surface area contributed by atoms with Gasteiger partial charge in [0, 0.05) is 13.1 Å². The summed E-state index contributed by atoms with van der Waals surface area (Å²) in [5.41, 5.74) is 0. The Morgan fingerprint density at radius 1 is 1.32 bits per heavy atom. The number of carbonyl (C=O) groups is 3. The summed E-state index contributed by atoms with van der Waals surface area (Å²) < 4.78 is 40.8. The standard InChI is InChI=1S/C15H23F3N2O5/c1-2-25-13(23)10-6-5-9-20(10)12(22)11(21)7-3-4-8-19-14(24)15(16,17)18/h10-11,21H,2-9H2,1H3,(H,19,24)/t10-,11?/m0/s1. The average Bonchev–Trinajstić information content (AvgIpc) is 3.02. The number of unbranched alkanes of at least 4 members (excludes halogenated alkanes) is 1. The lowest BCUT2D eigenvalue weighted by Crippen LogP contribution is -2.46. The molecule has 0 aromatic rings. The van der Waals surface area contributed by atoms with Crippen molar-refractivity contribution in [1.29, 1.82) is 0 Å². The molecule has 1 fully saturated rings. The Hall–Kier alpha value is -1.84. The van der Waals surface area contributed by atoms with Crippen LogP contribution < -0.4 is 5.32 Å². The minimum Gasteiger partial charge on any atom is -0.464 e. The largest absolute Gasteiger partial charge is 0.471 e. The molecule has 1 rings (SSSR count). The highest BCUT2D eigenvalue weighted by Gasteiger charge is 2.38. The normalized spacial score (nSPS) is 18.8. The van der Waals surface area contributed by atoms with E-state index in [4.69, 9.17) is 4.74 Å².